The first-order valence-corrected chi connectivity index (χ1v) is 9.68. The highest BCUT2D eigenvalue weighted by Crippen LogP contribution is 2.14. The van der Waals surface area contributed by atoms with E-state index in [0.29, 0.717) is 32.0 Å². The van der Waals surface area contributed by atoms with Crippen LogP contribution in [0.15, 0.2) is 53.5 Å². The van der Waals surface area contributed by atoms with Gasteiger partial charge in [0, 0.05) is 39.6 Å². The largest absolute Gasteiger partial charge is 0.356 e. The normalized spacial score (nSPS) is 13.9. The molecule has 2 aromatic carbocycles. The van der Waals surface area contributed by atoms with Crippen molar-refractivity contribution >= 4 is 35.8 Å². The van der Waals surface area contributed by atoms with Crippen molar-refractivity contribution in [2.45, 2.75) is 32.4 Å². The maximum atomic E-state index is 13.2. The van der Waals surface area contributed by atoms with Crippen LogP contribution in [0.2, 0.25) is 0 Å². The number of likely N-dealkylation sites (tertiary alicyclic amines) is 1. The van der Waals surface area contributed by atoms with Crippen molar-refractivity contribution in [3.8, 4) is 0 Å². The number of carbonyl (C=O) groups is 1. The van der Waals surface area contributed by atoms with Gasteiger partial charge in [0.25, 0.3) is 0 Å². The molecule has 0 saturated carbocycles. The average Bonchev–Trinajstić information content (AvgIpc) is 3.10. The second kappa shape index (κ2) is 11.7. The van der Waals surface area contributed by atoms with E-state index in [1.54, 1.807) is 19.2 Å². The Kier molecular flexibility index (Phi) is 9.37. The Morgan fingerprint density at radius 1 is 1.10 bits per heavy atom. The lowest BCUT2D eigenvalue weighted by Gasteiger charge is -2.16. The quantitative estimate of drug-likeness (QED) is 0.341. The van der Waals surface area contributed by atoms with Gasteiger partial charge in [-0.25, -0.2) is 4.39 Å². The fraction of sp³-hybridized carbons (Fsp3) is 0.364. The van der Waals surface area contributed by atoms with Crippen molar-refractivity contribution in [1.29, 1.82) is 0 Å². The van der Waals surface area contributed by atoms with Crippen LogP contribution in [0.1, 0.15) is 29.5 Å². The summed E-state index contributed by atoms with van der Waals surface area (Å²) in [5, 5.41) is 6.53. The molecule has 5 nitrogen and oxygen atoms in total. The highest BCUT2D eigenvalue weighted by atomic mass is 127. The van der Waals surface area contributed by atoms with Crippen LogP contribution in [0.4, 0.5) is 4.39 Å². The minimum atomic E-state index is -0.211. The second-order valence-electron chi connectivity index (χ2n) is 6.97. The molecular formula is C22H28FIN4O. The summed E-state index contributed by atoms with van der Waals surface area (Å²) in [6.45, 7) is 2.88. The van der Waals surface area contributed by atoms with E-state index in [1.165, 1.54) is 6.07 Å². The lowest BCUT2D eigenvalue weighted by Crippen LogP contribution is -2.37. The molecule has 0 unspecified atom stereocenters. The summed E-state index contributed by atoms with van der Waals surface area (Å²) in [7, 11) is 1.73. The molecule has 1 heterocycles. The fourth-order valence-electron chi connectivity index (χ4n) is 3.28. The van der Waals surface area contributed by atoms with Crippen LogP contribution in [-0.2, 0) is 24.3 Å². The molecule has 0 spiro atoms. The summed E-state index contributed by atoms with van der Waals surface area (Å²) in [6.07, 6.45) is 2.36. The molecular weight excluding hydrogens is 482 g/mol. The molecule has 7 heteroatoms. The van der Waals surface area contributed by atoms with Crippen LogP contribution in [-0.4, -0.2) is 36.9 Å². The maximum absolute atomic E-state index is 13.2. The van der Waals surface area contributed by atoms with Crippen molar-refractivity contribution in [2.75, 3.05) is 20.1 Å². The molecule has 0 aromatic heterocycles. The molecule has 29 heavy (non-hydrogen) atoms. The van der Waals surface area contributed by atoms with Gasteiger partial charge in [-0.2, -0.15) is 0 Å². The number of nitrogens with zero attached hydrogens (tertiary/aromatic N) is 2. The van der Waals surface area contributed by atoms with E-state index in [0.717, 1.165) is 36.1 Å². The molecule has 3 rings (SSSR count). The fourth-order valence-corrected chi connectivity index (χ4v) is 3.28. The number of carbonyl (C=O) groups excluding carboxylic acids is 1. The SMILES string of the molecule is CN=C(NCCc1cccc(F)c1)NCc1ccc(CN2CCCC2=O)cc1.I. The van der Waals surface area contributed by atoms with Gasteiger partial charge in [0.15, 0.2) is 5.96 Å². The Balaban J connectivity index is 0.00000300. The minimum absolute atomic E-state index is 0. The van der Waals surface area contributed by atoms with Crippen LogP contribution in [0.5, 0.6) is 0 Å². The number of benzene rings is 2. The van der Waals surface area contributed by atoms with Crippen LogP contribution in [0.3, 0.4) is 0 Å². The number of aliphatic imine (C=N–C) groups is 1. The third-order valence-electron chi connectivity index (χ3n) is 4.85. The predicted octanol–water partition coefficient (Wildman–Crippen LogP) is 3.47. The molecule has 1 aliphatic heterocycles. The van der Waals surface area contributed by atoms with Gasteiger partial charge in [-0.15, -0.1) is 24.0 Å². The third kappa shape index (κ3) is 7.30. The Bertz CT molecular complexity index is 826. The summed E-state index contributed by atoms with van der Waals surface area (Å²) in [6, 6.07) is 14.9. The van der Waals surface area contributed by atoms with Crippen LogP contribution in [0.25, 0.3) is 0 Å². The molecule has 0 bridgehead atoms. The number of halogens is 2. The Hall–Kier alpha value is -2.16. The van der Waals surface area contributed by atoms with E-state index in [9.17, 15) is 9.18 Å². The van der Waals surface area contributed by atoms with Gasteiger partial charge in [0.2, 0.25) is 5.91 Å². The van der Waals surface area contributed by atoms with Gasteiger partial charge in [-0.05, 0) is 41.7 Å². The standard InChI is InChI=1S/C22H27FN4O.HI/c1-24-22(25-12-11-17-4-2-5-20(23)14-17)26-15-18-7-9-19(10-8-18)16-27-13-3-6-21(27)28;/h2,4-5,7-10,14H,3,6,11-13,15-16H2,1H3,(H2,24,25,26);1H. The molecule has 1 fully saturated rings. The van der Waals surface area contributed by atoms with E-state index in [2.05, 4.69) is 39.9 Å². The number of guanidine groups is 1. The van der Waals surface area contributed by atoms with Crippen molar-refractivity contribution in [2.24, 2.45) is 4.99 Å². The third-order valence-corrected chi connectivity index (χ3v) is 4.85. The van der Waals surface area contributed by atoms with E-state index >= 15 is 0 Å². The van der Waals surface area contributed by atoms with Gasteiger partial charge in [-0.3, -0.25) is 9.79 Å². The molecule has 1 aliphatic rings. The zero-order valence-corrected chi connectivity index (χ0v) is 19.0. The van der Waals surface area contributed by atoms with Crippen LogP contribution in [0, 0.1) is 5.82 Å². The summed E-state index contributed by atoms with van der Waals surface area (Å²) in [5.74, 6) is 0.750. The maximum Gasteiger partial charge on any atom is 0.222 e. The zero-order valence-electron chi connectivity index (χ0n) is 16.7. The van der Waals surface area contributed by atoms with E-state index < -0.39 is 0 Å². The topological polar surface area (TPSA) is 56.7 Å². The first kappa shape index (κ1) is 23.1. The molecule has 0 aliphatic carbocycles. The number of hydrogen-bond acceptors (Lipinski definition) is 2. The van der Waals surface area contributed by atoms with Gasteiger partial charge in [-0.1, -0.05) is 36.4 Å². The predicted molar refractivity (Wildman–Crippen MR) is 125 cm³/mol. The molecule has 1 saturated heterocycles. The molecule has 1 amide bonds. The molecule has 156 valence electrons. The van der Waals surface area contributed by atoms with Gasteiger partial charge < -0.3 is 15.5 Å². The van der Waals surface area contributed by atoms with Crippen LogP contribution >= 0.6 is 24.0 Å². The van der Waals surface area contributed by atoms with Crippen molar-refractivity contribution < 1.29 is 9.18 Å². The minimum Gasteiger partial charge on any atom is -0.356 e. The van der Waals surface area contributed by atoms with Gasteiger partial charge in [0.05, 0.1) is 0 Å². The highest BCUT2D eigenvalue weighted by molar-refractivity contribution is 14.0. The van der Waals surface area contributed by atoms with E-state index in [-0.39, 0.29) is 35.7 Å². The summed E-state index contributed by atoms with van der Waals surface area (Å²) in [4.78, 5) is 17.9. The Morgan fingerprint density at radius 3 is 2.52 bits per heavy atom. The number of amides is 1. The lowest BCUT2D eigenvalue weighted by molar-refractivity contribution is -0.128. The monoisotopic (exact) mass is 510 g/mol. The molecule has 0 atom stereocenters. The van der Waals surface area contributed by atoms with Crippen molar-refractivity contribution in [3.05, 3.63) is 71.0 Å². The lowest BCUT2D eigenvalue weighted by atomic mass is 10.1. The number of nitrogens with one attached hydrogen (secondary N) is 2. The first-order valence-electron chi connectivity index (χ1n) is 9.68. The summed E-state index contributed by atoms with van der Waals surface area (Å²) in [5.41, 5.74) is 3.25. The van der Waals surface area contributed by atoms with Crippen molar-refractivity contribution in [1.82, 2.24) is 15.5 Å². The van der Waals surface area contributed by atoms with Crippen LogP contribution < -0.4 is 10.6 Å². The highest BCUT2D eigenvalue weighted by Gasteiger charge is 2.19. The van der Waals surface area contributed by atoms with Crippen molar-refractivity contribution in [3.63, 3.8) is 0 Å². The van der Waals surface area contributed by atoms with Gasteiger partial charge >= 0.3 is 0 Å². The Morgan fingerprint density at radius 2 is 1.86 bits per heavy atom. The average molecular weight is 510 g/mol. The van der Waals surface area contributed by atoms with E-state index in [4.69, 9.17) is 0 Å². The Labute approximate surface area is 188 Å². The van der Waals surface area contributed by atoms with Gasteiger partial charge in [0.1, 0.15) is 5.82 Å². The molecule has 2 N–H and O–H groups in total. The summed E-state index contributed by atoms with van der Waals surface area (Å²) >= 11 is 0. The van der Waals surface area contributed by atoms with E-state index in [1.807, 2.05) is 11.0 Å². The summed E-state index contributed by atoms with van der Waals surface area (Å²) < 4.78 is 13.2. The molecule has 0 radical (unpaired) electrons. The molecule has 2 aromatic rings. The smallest absolute Gasteiger partial charge is 0.222 e. The number of hydrogen-bond donors (Lipinski definition) is 2. The first-order chi connectivity index (χ1) is 13.6. The second-order valence-corrected chi connectivity index (χ2v) is 6.97. The zero-order chi connectivity index (χ0) is 19.8. The number of rotatable bonds is 7.